The number of unbranched alkanes of at least 4 members (excludes halogenated alkanes) is 39. The van der Waals surface area contributed by atoms with E-state index in [9.17, 15) is 0 Å². The van der Waals surface area contributed by atoms with Gasteiger partial charge in [0.05, 0.1) is 0 Å². The van der Waals surface area contributed by atoms with Crippen molar-refractivity contribution in [1.29, 1.82) is 0 Å². The Morgan fingerprint density at radius 2 is 0.346 bits per heavy atom. The normalized spacial score (nSPS) is 12.1. The third-order valence-corrected chi connectivity index (χ3v) is 25.0. The second-order valence-corrected chi connectivity index (χ2v) is 28.3. The van der Waals surface area contributed by atoms with E-state index in [0.717, 1.165) is 0 Å². The Kier molecular flexibility index (Phi) is 44.6. The molecule has 0 aromatic rings. The molecule has 0 aromatic carbocycles. The van der Waals surface area contributed by atoms with Crippen molar-refractivity contribution in [3.8, 4) is 0 Å². The van der Waals surface area contributed by atoms with Crippen LogP contribution < -0.4 is 0 Å². The molecule has 0 rings (SSSR count). The van der Waals surface area contributed by atoms with E-state index < -0.39 is 13.5 Å². The molecule has 0 amide bonds. The van der Waals surface area contributed by atoms with E-state index in [0.29, 0.717) is 0 Å². The fourth-order valence-electron chi connectivity index (χ4n) is 8.99. The average molecular weight is 793 g/mol. The summed E-state index contributed by atoms with van der Waals surface area (Å²) in [6.45, 7) is 6.97. The van der Waals surface area contributed by atoms with Crippen molar-refractivity contribution in [3.63, 3.8) is 0 Å². The van der Waals surface area contributed by atoms with Gasteiger partial charge in [0, 0.05) is 0 Å². The molecule has 52 heavy (non-hydrogen) atoms. The molecule has 0 spiro atoms. The summed E-state index contributed by atoms with van der Waals surface area (Å²) < 4.78 is 2.88. The second kappa shape index (κ2) is 44.2. The zero-order valence-electron chi connectivity index (χ0n) is 37.8. The Morgan fingerprint density at radius 1 is 0.212 bits per heavy atom. The summed E-state index contributed by atoms with van der Waals surface area (Å²) >= 11 is -1.98. The Labute approximate surface area is 336 Å². The van der Waals surface area contributed by atoms with Gasteiger partial charge in [-0.05, 0) is 0 Å². The van der Waals surface area contributed by atoms with E-state index in [-0.39, 0.29) is 0 Å². The van der Waals surface area contributed by atoms with Crippen molar-refractivity contribution < 1.29 is 0 Å². The quantitative estimate of drug-likeness (QED) is 0.0438. The van der Waals surface area contributed by atoms with Crippen LogP contribution in [0.15, 0.2) is 0 Å². The van der Waals surface area contributed by atoms with Crippen LogP contribution in [0.25, 0.3) is 0 Å². The van der Waals surface area contributed by atoms with Crippen LogP contribution in [0.2, 0.25) is 15.8 Å². The monoisotopic (exact) mass is 794 g/mol. The zero-order chi connectivity index (χ0) is 37.9. The zero-order valence-corrected chi connectivity index (χ0v) is 39.9. The summed E-state index contributed by atoms with van der Waals surface area (Å²) in [5.74, 6) is 0. The van der Waals surface area contributed by atoms with Gasteiger partial charge in [-0.1, -0.05) is 78.6 Å². The molecule has 0 aliphatic heterocycles. The number of rotatable bonds is 46. The molecule has 1 nitrogen and oxygen atoms in total. The molecule has 0 unspecified atom stereocenters. The number of nitrogens with zero attached hydrogens (tertiary/aromatic N) is 1. The Bertz CT molecular complexity index is 553. The van der Waals surface area contributed by atoms with Gasteiger partial charge >= 0.3 is 259 Å². The van der Waals surface area contributed by atoms with Crippen molar-refractivity contribution >= 4 is 13.5 Å². The summed E-state index contributed by atoms with van der Waals surface area (Å²) in [5, 5.41) is 4.88. The van der Waals surface area contributed by atoms with E-state index in [1.54, 1.807) is 15.8 Å². The minimum atomic E-state index is -1.98. The summed E-state index contributed by atoms with van der Waals surface area (Å²) in [7, 11) is 5.02. The van der Waals surface area contributed by atoms with Gasteiger partial charge in [-0.25, -0.2) is 0 Å². The van der Waals surface area contributed by atoms with Crippen molar-refractivity contribution in [2.45, 2.75) is 306 Å². The standard InChI is InChI=1S/C50H105GeN/c1-6-9-12-15-18-21-24-27-30-33-36-39-42-45-48-51(52(4)5,49-46-43-40-37-34-31-28-25-22-19-16-13-10-7-2)50-47-44-41-38-35-32-29-26-23-20-17-14-11-8-3/h6-50H2,1-5H3. The molecule has 0 saturated heterocycles. The molecule has 0 radical (unpaired) electrons. The Morgan fingerprint density at radius 3 is 0.481 bits per heavy atom. The summed E-state index contributed by atoms with van der Waals surface area (Å²) in [6.07, 6.45) is 62.2. The van der Waals surface area contributed by atoms with Gasteiger partial charge in [0.25, 0.3) is 0 Å². The summed E-state index contributed by atoms with van der Waals surface area (Å²) in [6, 6.07) is 0. The van der Waals surface area contributed by atoms with Crippen LogP contribution in [0, 0.1) is 0 Å². The topological polar surface area (TPSA) is 3.24 Å². The molecular formula is C50H105GeN. The first-order chi connectivity index (χ1) is 25.6. The molecule has 2 heteroatoms. The summed E-state index contributed by atoms with van der Waals surface area (Å²) in [5.41, 5.74) is 0. The molecule has 0 N–H and O–H groups in total. The first-order valence-corrected chi connectivity index (χ1v) is 30.7. The molecule has 0 aliphatic rings. The van der Waals surface area contributed by atoms with E-state index in [4.69, 9.17) is 0 Å². The maximum absolute atomic E-state index is 2.88. The van der Waals surface area contributed by atoms with Gasteiger partial charge in [0.2, 0.25) is 0 Å². The van der Waals surface area contributed by atoms with Crippen molar-refractivity contribution in [3.05, 3.63) is 0 Å². The maximum atomic E-state index is 2.88. The van der Waals surface area contributed by atoms with Crippen molar-refractivity contribution in [2.75, 3.05) is 14.1 Å². The van der Waals surface area contributed by atoms with Gasteiger partial charge in [0.1, 0.15) is 0 Å². The first-order valence-electron chi connectivity index (χ1n) is 25.3. The second-order valence-electron chi connectivity index (χ2n) is 18.2. The van der Waals surface area contributed by atoms with Gasteiger partial charge < -0.3 is 0 Å². The Hall–Kier alpha value is 0.503. The van der Waals surface area contributed by atoms with Crippen LogP contribution in [-0.4, -0.2) is 31.4 Å². The van der Waals surface area contributed by atoms with Gasteiger partial charge in [-0.15, -0.1) is 0 Å². The molecule has 0 heterocycles. The fraction of sp³-hybridized carbons (Fsp3) is 1.00. The van der Waals surface area contributed by atoms with Crippen molar-refractivity contribution in [1.82, 2.24) is 3.86 Å². The van der Waals surface area contributed by atoms with Crippen LogP contribution in [-0.2, 0) is 0 Å². The van der Waals surface area contributed by atoms with Gasteiger partial charge in [0.15, 0.2) is 0 Å². The van der Waals surface area contributed by atoms with Crippen LogP contribution in [0.3, 0.4) is 0 Å². The molecular weight excluding hydrogens is 687 g/mol. The number of hydrogen-bond donors (Lipinski definition) is 0. The average Bonchev–Trinajstić information content (AvgIpc) is 3.14. The van der Waals surface area contributed by atoms with E-state index >= 15 is 0 Å². The Balaban J connectivity index is 4.34. The van der Waals surface area contributed by atoms with Crippen LogP contribution in [0.1, 0.15) is 290 Å². The van der Waals surface area contributed by atoms with Crippen molar-refractivity contribution in [2.24, 2.45) is 0 Å². The molecule has 0 saturated carbocycles. The SMILES string of the molecule is CCCCCCCCCCCCCCC[CH2][Ge]([CH2]CCCCCCCCCCCCCCC)([CH2]CCCCCCCCCCCCCCC)[N](C)C. The van der Waals surface area contributed by atoms with E-state index in [2.05, 4.69) is 38.7 Å². The predicted octanol–water partition coefficient (Wildman–Crippen LogP) is 18.9. The predicted molar refractivity (Wildman–Crippen MR) is 245 cm³/mol. The molecule has 0 fully saturated rings. The summed E-state index contributed by atoms with van der Waals surface area (Å²) in [4.78, 5) is 0. The van der Waals surface area contributed by atoms with Gasteiger partial charge in [-0.2, -0.15) is 0 Å². The van der Waals surface area contributed by atoms with Gasteiger partial charge in [-0.3, -0.25) is 0 Å². The first kappa shape index (κ1) is 52.5. The van der Waals surface area contributed by atoms with E-state index in [1.165, 1.54) is 270 Å². The third-order valence-electron chi connectivity index (χ3n) is 12.9. The molecule has 314 valence electrons. The molecule has 0 aliphatic carbocycles. The minimum absolute atomic E-state index is 1.37. The number of hydrogen-bond acceptors (Lipinski definition) is 1. The van der Waals surface area contributed by atoms with Crippen LogP contribution >= 0.6 is 0 Å². The molecule has 0 bridgehead atoms. The fourth-order valence-corrected chi connectivity index (χ4v) is 19.1. The third kappa shape index (κ3) is 37.4. The van der Waals surface area contributed by atoms with Crippen LogP contribution in [0.4, 0.5) is 0 Å². The molecule has 0 aromatic heterocycles. The van der Waals surface area contributed by atoms with Crippen LogP contribution in [0.5, 0.6) is 0 Å². The van der Waals surface area contributed by atoms with E-state index in [1.807, 2.05) is 0 Å². The molecule has 0 atom stereocenters.